The van der Waals surface area contributed by atoms with Crippen LogP contribution in [0.15, 0.2) is 11.1 Å². The minimum Gasteiger partial charge on any atom is -0.360 e. The summed E-state index contributed by atoms with van der Waals surface area (Å²) in [6.45, 7) is 7.32. The molecule has 3 nitrogen and oxygen atoms in total. The number of fused-ring (bicyclic) bond motifs is 2. The number of rotatable bonds is 0. The van der Waals surface area contributed by atoms with Crippen molar-refractivity contribution in [2.75, 3.05) is 6.61 Å². The molecule has 1 N–H and O–H groups in total. The van der Waals surface area contributed by atoms with Gasteiger partial charge in [-0.2, -0.15) is 4.89 Å². The standard InChI is InChI=1S/C15H24O3/c1-10-9-17-18-15(16)7-12-6-4-5-11(2)14(12,3)8-13(10)15/h11-12,16H,4-9H2,1-3H3. The van der Waals surface area contributed by atoms with E-state index in [2.05, 4.69) is 20.8 Å². The topological polar surface area (TPSA) is 38.7 Å². The van der Waals surface area contributed by atoms with Gasteiger partial charge in [-0.1, -0.05) is 26.7 Å². The average Bonchev–Trinajstić information content (AvgIpc) is 2.30. The van der Waals surface area contributed by atoms with Gasteiger partial charge in [0.05, 0.1) is 0 Å². The van der Waals surface area contributed by atoms with Gasteiger partial charge in [-0.3, -0.25) is 0 Å². The van der Waals surface area contributed by atoms with E-state index in [4.69, 9.17) is 9.78 Å². The molecule has 0 amide bonds. The normalized spacial score (nSPS) is 48.7. The van der Waals surface area contributed by atoms with E-state index in [0.29, 0.717) is 24.4 Å². The molecule has 3 aliphatic rings. The van der Waals surface area contributed by atoms with E-state index in [0.717, 1.165) is 23.5 Å². The summed E-state index contributed by atoms with van der Waals surface area (Å²) in [5, 5.41) is 10.7. The van der Waals surface area contributed by atoms with E-state index in [-0.39, 0.29) is 0 Å². The number of aliphatic hydroxyl groups is 1. The third-order valence-corrected chi connectivity index (χ3v) is 5.79. The molecule has 2 fully saturated rings. The fraction of sp³-hybridized carbons (Fsp3) is 0.867. The quantitative estimate of drug-likeness (QED) is 0.531. The van der Waals surface area contributed by atoms with E-state index < -0.39 is 5.79 Å². The van der Waals surface area contributed by atoms with Crippen LogP contribution < -0.4 is 0 Å². The van der Waals surface area contributed by atoms with Crippen LogP contribution in [0.2, 0.25) is 0 Å². The Morgan fingerprint density at radius 3 is 2.89 bits per heavy atom. The Hall–Kier alpha value is -0.380. The largest absolute Gasteiger partial charge is 0.360 e. The Morgan fingerprint density at radius 2 is 2.11 bits per heavy atom. The van der Waals surface area contributed by atoms with Gasteiger partial charge in [-0.25, -0.2) is 4.89 Å². The summed E-state index contributed by atoms with van der Waals surface area (Å²) >= 11 is 0. The Kier molecular flexibility index (Phi) is 2.85. The molecule has 0 saturated heterocycles. The maximum Gasteiger partial charge on any atom is 0.221 e. The molecule has 1 aliphatic heterocycles. The lowest BCUT2D eigenvalue weighted by Crippen LogP contribution is -2.53. The van der Waals surface area contributed by atoms with Crippen molar-refractivity contribution in [3.8, 4) is 0 Å². The van der Waals surface area contributed by atoms with Gasteiger partial charge in [0, 0.05) is 6.42 Å². The zero-order valence-corrected chi connectivity index (χ0v) is 11.7. The highest BCUT2D eigenvalue weighted by Crippen LogP contribution is 2.58. The second-order valence-corrected chi connectivity index (χ2v) is 6.80. The van der Waals surface area contributed by atoms with Gasteiger partial charge in [0.2, 0.25) is 5.79 Å². The van der Waals surface area contributed by atoms with E-state index in [1.807, 2.05) is 0 Å². The molecule has 2 saturated carbocycles. The van der Waals surface area contributed by atoms with Gasteiger partial charge in [-0.15, -0.1) is 0 Å². The minimum atomic E-state index is -1.15. The van der Waals surface area contributed by atoms with Gasteiger partial charge >= 0.3 is 0 Å². The average molecular weight is 252 g/mol. The highest BCUT2D eigenvalue weighted by atomic mass is 17.2. The highest BCUT2D eigenvalue weighted by molar-refractivity contribution is 5.27. The predicted octanol–water partition coefficient (Wildman–Crippen LogP) is 3.19. The summed E-state index contributed by atoms with van der Waals surface area (Å²) < 4.78 is 0. The van der Waals surface area contributed by atoms with Gasteiger partial charge in [0.15, 0.2) is 0 Å². The van der Waals surface area contributed by atoms with E-state index >= 15 is 0 Å². The lowest BCUT2D eigenvalue weighted by atomic mass is 9.53. The van der Waals surface area contributed by atoms with Crippen molar-refractivity contribution in [3.63, 3.8) is 0 Å². The Bertz CT molecular complexity index is 389. The van der Waals surface area contributed by atoms with Crippen LogP contribution in [0.1, 0.15) is 52.9 Å². The van der Waals surface area contributed by atoms with E-state index in [1.54, 1.807) is 0 Å². The van der Waals surface area contributed by atoms with Crippen LogP contribution >= 0.6 is 0 Å². The van der Waals surface area contributed by atoms with Gasteiger partial charge in [0.1, 0.15) is 6.61 Å². The van der Waals surface area contributed by atoms with Crippen LogP contribution in [0.25, 0.3) is 0 Å². The first-order valence-electron chi connectivity index (χ1n) is 7.18. The minimum absolute atomic E-state index is 0.321. The first kappa shape index (κ1) is 12.6. The Labute approximate surface area is 109 Å². The molecule has 0 aromatic carbocycles. The number of hydrogen-bond acceptors (Lipinski definition) is 3. The second kappa shape index (κ2) is 4.06. The van der Waals surface area contributed by atoms with E-state index in [9.17, 15) is 5.11 Å². The predicted molar refractivity (Wildman–Crippen MR) is 68.5 cm³/mol. The van der Waals surface area contributed by atoms with Crippen LogP contribution in [0, 0.1) is 17.3 Å². The molecule has 2 aliphatic carbocycles. The molecule has 0 bridgehead atoms. The first-order chi connectivity index (χ1) is 8.46. The van der Waals surface area contributed by atoms with Gasteiger partial charge in [-0.05, 0) is 48.2 Å². The van der Waals surface area contributed by atoms with Crippen LogP contribution in [0.5, 0.6) is 0 Å². The molecule has 3 heteroatoms. The smallest absolute Gasteiger partial charge is 0.221 e. The first-order valence-corrected chi connectivity index (χ1v) is 7.18. The molecule has 102 valence electrons. The molecular weight excluding hydrogens is 228 g/mol. The second-order valence-electron chi connectivity index (χ2n) is 6.80. The van der Waals surface area contributed by atoms with Crippen molar-refractivity contribution in [2.24, 2.45) is 17.3 Å². The molecule has 18 heavy (non-hydrogen) atoms. The molecule has 3 rings (SSSR count). The van der Waals surface area contributed by atoms with Crippen LogP contribution in [0.4, 0.5) is 0 Å². The number of hydrogen-bond donors (Lipinski definition) is 1. The third-order valence-electron chi connectivity index (χ3n) is 5.79. The maximum absolute atomic E-state index is 10.7. The van der Waals surface area contributed by atoms with Crippen molar-refractivity contribution >= 4 is 0 Å². The highest BCUT2D eigenvalue weighted by Gasteiger charge is 2.54. The van der Waals surface area contributed by atoms with Crippen molar-refractivity contribution in [1.29, 1.82) is 0 Å². The summed E-state index contributed by atoms with van der Waals surface area (Å²) in [6.07, 6.45) is 5.45. The molecule has 4 atom stereocenters. The van der Waals surface area contributed by atoms with Crippen molar-refractivity contribution in [1.82, 2.24) is 0 Å². The summed E-state index contributed by atoms with van der Waals surface area (Å²) in [7, 11) is 0. The molecule has 4 unspecified atom stereocenters. The maximum atomic E-state index is 10.7. The van der Waals surface area contributed by atoms with Crippen molar-refractivity contribution < 1.29 is 14.9 Å². The van der Waals surface area contributed by atoms with Gasteiger partial charge in [0.25, 0.3) is 0 Å². The lowest BCUT2D eigenvalue weighted by Gasteiger charge is -2.55. The summed E-state index contributed by atoms with van der Waals surface area (Å²) in [6, 6.07) is 0. The summed E-state index contributed by atoms with van der Waals surface area (Å²) in [5.41, 5.74) is 2.56. The van der Waals surface area contributed by atoms with Crippen molar-refractivity contribution in [2.45, 2.75) is 58.7 Å². The van der Waals surface area contributed by atoms with Crippen molar-refractivity contribution in [3.05, 3.63) is 11.1 Å². The third kappa shape index (κ3) is 1.68. The van der Waals surface area contributed by atoms with Crippen LogP contribution in [0.3, 0.4) is 0 Å². The molecule has 0 radical (unpaired) electrons. The monoisotopic (exact) mass is 252 g/mol. The lowest BCUT2D eigenvalue weighted by molar-refractivity contribution is -0.422. The molecule has 0 spiro atoms. The van der Waals surface area contributed by atoms with Crippen LogP contribution in [-0.2, 0) is 9.78 Å². The Morgan fingerprint density at radius 1 is 1.33 bits per heavy atom. The van der Waals surface area contributed by atoms with E-state index in [1.165, 1.54) is 19.3 Å². The molecule has 0 aromatic rings. The Balaban J connectivity index is 1.99. The van der Waals surface area contributed by atoms with Gasteiger partial charge < -0.3 is 5.11 Å². The zero-order chi connectivity index (χ0) is 13.0. The zero-order valence-electron chi connectivity index (χ0n) is 11.7. The molecule has 0 aromatic heterocycles. The van der Waals surface area contributed by atoms with Crippen LogP contribution in [-0.4, -0.2) is 17.5 Å². The summed E-state index contributed by atoms with van der Waals surface area (Å²) in [4.78, 5) is 10.4. The summed E-state index contributed by atoms with van der Waals surface area (Å²) in [5.74, 6) is 0.122. The molecule has 1 heterocycles. The fourth-order valence-corrected chi connectivity index (χ4v) is 4.23. The fourth-order valence-electron chi connectivity index (χ4n) is 4.23. The SMILES string of the molecule is CC1=C2CC3(C)C(C)CCCC3CC2(O)OOC1. The molecular formula is C15H24O3.